The summed E-state index contributed by atoms with van der Waals surface area (Å²) in [5.41, 5.74) is 4.69. The van der Waals surface area contributed by atoms with Crippen molar-refractivity contribution in [2.45, 2.75) is 39.2 Å². The molecule has 0 aliphatic carbocycles. The van der Waals surface area contributed by atoms with Crippen molar-refractivity contribution < 1.29 is 9.53 Å². The molecule has 9 nitrogen and oxygen atoms in total. The van der Waals surface area contributed by atoms with Crippen molar-refractivity contribution >= 4 is 28.1 Å². The largest absolute Gasteiger partial charge is 0.478 e. The van der Waals surface area contributed by atoms with E-state index >= 15 is 0 Å². The number of aromatic nitrogens is 5. The van der Waals surface area contributed by atoms with Gasteiger partial charge in [0.2, 0.25) is 5.88 Å². The Hall–Kier alpha value is -4.24. The average Bonchev–Trinajstić information content (AvgIpc) is 3.57. The molecule has 206 valence electrons. The number of imidazole rings is 1. The Morgan fingerprint density at radius 1 is 1.07 bits per heavy atom. The molecule has 4 aromatic heterocycles. The third kappa shape index (κ3) is 5.42. The van der Waals surface area contributed by atoms with Crippen molar-refractivity contribution in [3.63, 3.8) is 0 Å². The molecule has 9 heteroatoms. The highest BCUT2D eigenvalue weighted by Gasteiger charge is 2.19. The van der Waals surface area contributed by atoms with E-state index < -0.39 is 0 Å². The fourth-order valence-corrected chi connectivity index (χ4v) is 5.53. The topological polar surface area (TPSA) is 89.6 Å². The Morgan fingerprint density at radius 3 is 2.77 bits per heavy atom. The van der Waals surface area contributed by atoms with Crippen LogP contribution in [0.1, 0.15) is 48.1 Å². The van der Waals surface area contributed by atoms with Crippen LogP contribution >= 0.6 is 0 Å². The molecule has 0 unspecified atom stereocenters. The van der Waals surface area contributed by atoms with Gasteiger partial charge in [0.15, 0.2) is 0 Å². The van der Waals surface area contributed by atoms with Gasteiger partial charge in [0.1, 0.15) is 11.3 Å². The van der Waals surface area contributed by atoms with Crippen molar-refractivity contribution in [3.8, 4) is 5.88 Å². The number of anilines is 1. The second-order valence-corrected chi connectivity index (χ2v) is 10.5. The standard InChI is InChI=1S/C31H35N7O2/c1-3-24-30-25(34-31(39)27-20-32-28-11-4-5-16-37(27)28)9-7-10-26(30)38(35-24)21-23-8-6-12-29(33-23)40-19-15-22-13-17-36(2)18-14-22/h4-12,16,20,22H,3,13-15,17-19,21H2,1-2H3,(H,34,39). The second-order valence-electron chi connectivity index (χ2n) is 10.5. The summed E-state index contributed by atoms with van der Waals surface area (Å²) >= 11 is 0. The number of carbonyl (C=O) groups is 1. The quantitative estimate of drug-likeness (QED) is 0.283. The van der Waals surface area contributed by atoms with Crippen LogP contribution in [-0.4, -0.2) is 61.7 Å². The van der Waals surface area contributed by atoms with E-state index in [1.165, 1.54) is 25.9 Å². The minimum Gasteiger partial charge on any atom is -0.478 e. The first-order chi connectivity index (χ1) is 19.6. The van der Waals surface area contributed by atoms with Crippen molar-refractivity contribution in [2.24, 2.45) is 5.92 Å². The summed E-state index contributed by atoms with van der Waals surface area (Å²) in [6, 6.07) is 17.5. The Morgan fingerprint density at radius 2 is 1.93 bits per heavy atom. The number of fused-ring (bicyclic) bond motifs is 2. The molecule has 0 bridgehead atoms. The summed E-state index contributed by atoms with van der Waals surface area (Å²) in [4.78, 5) is 24.8. The van der Waals surface area contributed by atoms with E-state index in [2.05, 4.69) is 29.2 Å². The zero-order chi connectivity index (χ0) is 27.5. The molecular formula is C31H35N7O2. The number of aryl methyl sites for hydroxylation is 1. The van der Waals surface area contributed by atoms with Crippen molar-refractivity contribution in [1.29, 1.82) is 0 Å². The van der Waals surface area contributed by atoms with Crippen molar-refractivity contribution in [2.75, 3.05) is 32.1 Å². The number of pyridine rings is 2. The molecule has 1 fully saturated rings. The number of ether oxygens (including phenoxy) is 1. The molecule has 1 saturated heterocycles. The van der Waals surface area contributed by atoms with Gasteiger partial charge in [-0.2, -0.15) is 5.10 Å². The normalized spacial score (nSPS) is 14.7. The Balaban J connectivity index is 1.18. The van der Waals surface area contributed by atoms with Crippen LogP contribution < -0.4 is 10.1 Å². The highest BCUT2D eigenvalue weighted by molar-refractivity contribution is 6.08. The van der Waals surface area contributed by atoms with E-state index in [9.17, 15) is 4.79 Å². The first-order valence-electron chi connectivity index (χ1n) is 14.1. The van der Waals surface area contributed by atoms with E-state index in [0.717, 1.165) is 52.4 Å². The van der Waals surface area contributed by atoms with Gasteiger partial charge in [0.05, 0.1) is 41.9 Å². The van der Waals surface area contributed by atoms with Crippen LogP contribution in [0.25, 0.3) is 16.6 Å². The molecule has 5 heterocycles. The van der Waals surface area contributed by atoms with Gasteiger partial charge in [-0.1, -0.05) is 25.1 Å². The van der Waals surface area contributed by atoms with Crippen molar-refractivity contribution in [1.82, 2.24) is 29.0 Å². The monoisotopic (exact) mass is 537 g/mol. The van der Waals surface area contributed by atoms with Gasteiger partial charge in [-0.05, 0) is 82.1 Å². The predicted octanol–water partition coefficient (Wildman–Crippen LogP) is 5.05. The van der Waals surface area contributed by atoms with E-state index in [1.54, 1.807) is 10.6 Å². The Labute approximate surface area is 233 Å². The van der Waals surface area contributed by atoms with Crippen LogP contribution in [0.4, 0.5) is 5.69 Å². The summed E-state index contributed by atoms with van der Waals surface area (Å²) in [6.07, 6.45) is 7.71. The van der Waals surface area contributed by atoms with Crippen LogP contribution in [0.2, 0.25) is 0 Å². The van der Waals surface area contributed by atoms with Gasteiger partial charge in [0.25, 0.3) is 5.91 Å². The molecule has 0 radical (unpaired) electrons. The van der Waals surface area contributed by atoms with Crippen LogP contribution in [0.15, 0.2) is 67.0 Å². The molecule has 1 aliphatic rings. The summed E-state index contributed by atoms with van der Waals surface area (Å²) in [6.45, 7) is 5.61. The first kappa shape index (κ1) is 26.0. The van der Waals surface area contributed by atoms with Gasteiger partial charge >= 0.3 is 0 Å². The molecule has 6 rings (SSSR count). The van der Waals surface area contributed by atoms with Gasteiger partial charge in [0, 0.05) is 17.6 Å². The fraction of sp³-hybridized carbons (Fsp3) is 0.355. The average molecular weight is 538 g/mol. The molecule has 0 atom stereocenters. The number of hydrogen-bond donors (Lipinski definition) is 1. The Kier molecular flexibility index (Phi) is 7.46. The number of nitrogens with zero attached hydrogens (tertiary/aromatic N) is 6. The summed E-state index contributed by atoms with van der Waals surface area (Å²) in [7, 11) is 2.19. The molecule has 1 aliphatic heterocycles. The molecule has 1 amide bonds. The van der Waals surface area contributed by atoms with Gasteiger partial charge in [-0.15, -0.1) is 0 Å². The minimum atomic E-state index is -0.215. The number of rotatable bonds is 9. The summed E-state index contributed by atoms with van der Waals surface area (Å²) in [5, 5.41) is 8.95. The summed E-state index contributed by atoms with van der Waals surface area (Å²) < 4.78 is 9.79. The minimum absolute atomic E-state index is 0.215. The smallest absolute Gasteiger partial charge is 0.274 e. The second kappa shape index (κ2) is 11.5. The number of hydrogen-bond acceptors (Lipinski definition) is 6. The number of carbonyl (C=O) groups excluding carboxylic acids is 1. The summed E-state index contributed by atoms with van der Waals surface area (Å²) in [5.74, 6) is 1.16. The van der Waals surface area contributed by atoms with E-state index in [1.807, 2.05) is 65.5 Å². The third-order valence-corrected chi connectivity index (χ3v) is 7.79. The zero-order valence-corrected chi connectivity index (χ0v) is 23.1. The number of piperidine rings is 1. The lowest BCUT2D eigenvalue weighted by molar-refractivity contribution is 0.102. The van der Waals surface area contributed by atoms with Crippen molar-refractivity contribution in [3.05, 3.63) is 84.1 Å². The maximum absolute atomic E-state index is 13.2. The zero-order valence-electron chi connectivity index (χ0n) is 23.1. The SMILES string of the molecule is CCc1nn(Cc2cccc(OCCC3CCN(C)CC3)n2)c2cccc(NC(=O)c3cnc4ccccn34)c12. The number of likely N-dealkylation sites (tertiary alicyclic amines) is 1. The predicted molar refractivity (Wildman–Crippen MR) is 156 cm³/mol. The van der Waals surface area contributed by atoms with E-state index in [-0.39, 0.29) is 5.91 Å². The van der Waals surface area contributed by atoms with Gasteiger partial charge in [-0.25, -0.2) is 9.97 Å². The maximum Gasteiger partial charge on any atom is 0.274 e. The lowest BCUT2D eigenvalue weighted by atomic mass is 9.94. The molecule has 1 N–H and O–H groups in total. The number of benzene rings is 1. The van der Waals surface area contributed by atoms with Crippen LogP contribution in [-0.2, 0) is 13.0 Å². The molecule has 40 heavy (non-hydrogen) atoms. The lowest BCUT2D eigenvalue weighted by Crippen LogP contribution is -2.30. The maximum atomic E-state index is 13.2. The van der Waals surface area contributed by atoms with Crippen LogP contribution in [0.5, 0.6) is 5.88 Å². The van der Waals surface area contributed by atoms with E-state index in [4.69, 9.17) is 14.8 Å². The van der Waals surface area contributed by atoms with Crippen LogP contribution in [0.3, 0.4) is 0 Å². The van der Waals surface area contributed by atoms with Crippen LogP contribution in [0, 0.1) is 5.92 Å². The number of amides is 1. The highest BCUT2D eigenvalue weighted by Crippen LogP contribution is 2.29. The van der Waals surface area contributed by atoms with E-state index in [0.29, 0.717) is 24.7 Å². The van der Waals surface area contributed by atoms with Gasteiger partial charge in [-0.3, -0.25) is 13.9 Å². The lowest BCUT2D eigenvalue weighted by Gasteiger charge is -2.28. The molecule has 0 spiro atoms. The molecular weight excluding hydrogens is 502 g/mol. The molecule has 5 aromatic rings. The number of nitrogens with one attached hydrogen (secondary N) is 1. The fourth-order valence-electron chi connectivity index (χ4n) is 5.53. The van der Waals surface area contributed by atoms with Gasteiger partial charge < -0.3 is 15.0 Å². The molecule has 1 aromatic carbocycles. The molecule has 0 saturated carbocycles. The Bertz CT molecular complexity index is 1630. The third-order valence-electron chi connectivity index (χ3n) is 7.79. The first-order valence-corrected chi connectivity index (χ1v) is 14.1. The highest BCUT2D eigenvalue weighted by atomic mass is 16.5.